The van der Waals surface area contributed by atoms with E-state index in [1.54, 1.807) is 19.0 Å². The van der Waals surface area contributed by atoms with Gasteiger partial charge < -0.3 is 20.1 Å². The third-order valence-corrected chi connectivity index (χ3v) is 6.85. The lowest BCUT2D eigenvalue weighted by Gasteiger charge is -2.33. The number of nitrogens with zero attached hydrogens (tertiary/aromatic N) is 3. The molecule has 2 N–H and O–H groups in total. The second-order valence-electron chi connectivity index (χ2n) is 9.20. The summed E-state index contributed by atoms with van der Waals surface area (Å²) in [6.45, 7) is 2.17. The van der Waals surface area contributed by atoms with Crippen molar-refractivity contribution in [2.45, 2.75) is 18.9 Å². The number of carbonyl (C=O) groups is 1. The molecule has 6 nitrogen and oxygen atoms in total. The Hall–Kier alpha value is -3.64. The van der Waals surface area contributed by atoms with E-state index in [2.05, 4.69) is 57.6 Å². The predicted octanol–water partition coefficient (Wildman–Crippen LogP) is 4.79. The Balaban J connectivity index is 1.39. The first-order chi connectivity index (χ1) is 16.5. The molecule has 0 radical (unpaired) electrons. The number of fused-ring (bicyclic) bond motifs is 1. The van der Waals surface area contributed by atoms with E-state index in [4.69, 9.17) is 0 Å². The second kappa shape index (κ2) is 9.31. The molecule has 6 heteroatoms. The van der Waals surface area contributed by atoms with Crippen LogP contribution >= 0.6 is 0 Å². The van der Waals surface area contributed by atoms with Gasteiger partial charge >= 0.3 is 0 Å². The quantitative estimate of drug-likeness (QED) is 0.456. The number of aromatic nitrogens is 2. The van der Waals surface area contributed by atoms with Crippen molar-refractivity contribution in [3.63, 3.8) is 0 Å². The molecule has 2 aromatic heterocycles. The molecule has 174 valence electrons. The lowest BCUT2D eigenvalue weighted by Crippen LogP contribution is -2.41. The first-order valence-electron chi connectivity index (χ1n) is 11.9. The topological polar surface area (TPSA) is 64.3 Å². The van der Waals surface area contributed by atoms with Gasteiger partial charge in [-0.2, -0.15) is 0 Å². The van der Waals surface area contributed by atoms with Gasteiger partial charge in [-0.05, 0) is 61.3 Å². The summed E-state index contributed by atoms with van der Waals surface area (Å²) in [6, 6.07) is 19.4. The highest BCUT2D eigenvalue weighted by molar-refractivity contribution is 5.98. The highest BCUT2D eigenvalue weighted by Gasteiger charge is 2.18. The minimum absolute atomic E-state index is 0.00396. The number of anilines is 1. The summed E-state index contributed by atoms with van der Waals surface area (Å²) in [5, 5.41) is 4.47. The average molecular weight is 454 g/mol. The fraction of sp³-hybridized carbons (Fsp3) is 0.286. The lowest BCUT2D eigenvalue weighted by molar-refractivity contribution is 0.0827. The number of aromatic amines is 1. The van der Waals surface area contributed by atoms with Crippen molar-refractivity contribution < 1.29 is 4.79 Å². The van der Waals surface area contributed by atoms with Crippen LogP contribution in [0.4, 0.5) is 5.69 Å². The van der Waals surface area contributed by atoms with Crippen LogP contribution in [0.5, 0.6) is 0 Å². The van der Waals surface area contributed by atoms with E-state index in [0.717, 1.165) is 46.4 Å². The predicted molar refractivity (Wildman–Crippen MR) is 139 cm³/mol. The number of carbonyl (C=O) groups excluding carboxylic acids is 1. The SMILES string of the molecule is CNC1CCN(c2ccc(-c3cnc4[nH]cc(-c5ccc(C(=O)N(C)C)cc5)c4c3)cc2)CC1. The number of rotatable bonds is 5. The molecule has 0 unspecified atom stereocenters. The first-order valence-corrected chi connectivity index (χ1v) is 11.9. The van der Waals surface area contributed by atoms with Crippen molar-refractivity contribution in [2.24, 2.45) is 0 Å². The summed E-state index contributed by atoms with van der Waals surface area (Å²) >= 11 is 0. The van der Waals surface area contributed by atoms with Gasteiger partial charge in [-0.15, -0.1) is 0 Å². The normalized spacial score (nSPS) is 14.5. The van der Waals surface area contributed by atoms with E-state index >= 15 is 0 Å². The Bertz CT molecular complexity index is 1280. The maximum absolute atomic E-state index is 12.2. The zero-order chi connectivity index (χ0) is 23.7. The molecule has 1 fully saturated rings. The molecule has 1 saturated heterocycles. The fourth-order valence-electron chi connectivity index (χ4n) is 4.74. The number of H-pyrrole nitrogens is 1. The molecule has 5 rings (SSSR count). The maximum Gasteiger partial charge on any atom is 0.253 e. The molecule has 2 aromatic carbocycles. The van der Waals surface area contributed by atoms with Crippen molar-refractivity contribution in [1.29, 1.82) is 0 Å². The summed E-state index contributed by atoms with van der Waals surface area (Å²) in [4.78, 5) is 24.2. The van der Waals surface area contributed by atoms with E-state index in [9.17, 15) is 4.79 Å². The summed E-state index contributed by atoms with van der Waals surface area (Å²) in [6.07, 6.45) is 6.27. The number of hydrogen-bond acceptors (Lipinski definition) is 4. The Kier molecular flexibility index (Phi) is 6.07. The molecule has 34 heavy (non-hydrogen) atoms. The highest BCUT2D eigenvalue weighted by atomic mass is 16.2. The molecule has 1 aliphatic heterocycles. The van der Waals surface area contributed by atoms with Gasteiger partial charge in [0.2, 0.25) is 0 Å². The average Bonchev–Trinajstić information content (AvgIpc) is 3.32. The van der Waals surface area contributed by atoms with E-state index < -0.39 is 0 Å². The second-order valence-corrected chi connectivity index (χ2v) is 9.20. The first kappa shape index (κ1) is 22.2. The Labute approximate surface area is 200 Å². The zero-order valence-corrected chi connectivity index (χ0v) is 20.0. The number of amides is 1. The summed E-state index contributed by atoms with van der Waals surface area (Å²) in [7, 11) is 5.58. The van der Waals surface area contributed by atoms with E-state index in [1.165, 1.54) is 18.5 Å². The molecule has 1 aliphatic rings. The molecule has 0 bridgehead atoms. The largest absolute Gasteiger partial charge is 0.371 e. The smallest absolute Gasteiger partial charge is 0.253 e. The van der Waals surface area contributed by atoms with Crippen LogP contribution in [0.2, 0.25) is 0 Å². The molecule has 0 aliphatic carbocycles. The fourth-order valence-corrected chi connectivity index (χ4v) is 4.74. The molecule has 1 amide bonds. The molecule has 4 aromatic rings. The van der Waals surface area contributed by atoms with Gasteiger partial charge in [-0.3, -0.25) is 4.79 Å². The van der Waals surface area contributed by atoms with Gasteiger partial charge in [-0.1, -0.05) is 24.3 Å². The van der Waals surface area contributed by atoms with Crippen LogP contribution in [0, 0.1) is 0 Å². The van der Waals surface area contributed by atoms with Gasteiger partial charge in [0, 0.05) is 73.4 Å². The monoisotopic (exact) mass is 453 g/mol. The van der Waals surface area contributed by atoms with Gasteiger partial charge in [-0.25, -0.2) is 4.98 Å². The number of pyridine rings is 1. The Morgan fingerprint density at radius 2 is 1.68 bits per heavy atom. The van der Waals surface area contributed by atoms with Crippen molar-refractivity contribution >= 4 is 22.6 Å². The van der Waals surface area contributed by atoms with Crippen LogP contribution in [0.3, 0.4) is 0 Å². The summed E-state index contributed by atoms with van der Waals surface area (Å²) in [5.74, 6) is 0.00396. The third-order valence-electron chi connectivity index (χ3n) is 6.85. The highest BCUT2D eigenvalue weighted by Crippen LogP contribution is 2.32. The molecule has 0 spiro atoms. The number of benzene rings is 2. The van der Waals surface area contributed by atoms with Crippen LogP contribution in [0.25, 0.3) is 33.3 Å². The number of nitrogens with one attached hydrogen (secondary N) is 2. The maximum atomic E-state index is 12.2. The van der Waals surface area contributed by atoms with Crippen LogP contribution in [-0.2, 0) is 0 Å². The van der Waals surface area contributed by atoms with E-state index in [0.29, 0.717) is 11.6 Å². The van der Waals surface area contributed by atoms with Gasteiger partial charge in [0.15, 0.2) is 0 Å². The van der Waals surface area contributed by atoms with Crippen LogP contribution in [0.15, 0.2) is 67.0 Å². The third kappa shape index (κ3) is 4.29. The van der Waals surface area contributed by atoms with Crippen molar-refractivity contribution in [1.82, 2.24) is 20.2 Å². The van der Waals surface area contributed by atoms with Crippen LogP contribution in [0.1, 0.15) is 23.2 Å². The van der Waals surface area contributed by atoms with Crippen molar-refractivity contribution in [2.75, 3.05) is 39.1 Å². The van der Waals surface area contributed by atoms with Crippen molar-refractivity contribution in [3.8, 4) is 22.3 Å². The molecular weight excluding hydrogens is 422 g/mol. The van der Waals surface area contributed by atoms with Crippen LogP contribution in [-0.4, -0.2) is 61.0 Å². The molecule has 0 atom stereocenters. The van der Waals surface area contributed by atoms with Crippen molar-refractivity contribution in [3.05, 3.63) is 72.6 Å². The Morgan fingerprint density at radius 3 is 2.32 bits per heavy atom. The van der Waals surface area contributed by atoms with E-state index in [1.807, 2.05) is 36.7 Å². The van der Waals surface area contributed by atoms with E-state index in [-0.39, 0.29) is 5.91 Å². The standard InChI is InChI=1S/C28H31N5O/c1-29-23-12-14-33(15-13-23)24-10-8-19(9-11-24)22-16-25-26(18-31-27(25)30-17-22)20-4-6-21(7-5-20)28(34)32(2)3/h4-11,16-18,23,29H,12-15H2,1-3H3,(H,30,31). The van der Waals surface area contributed by atoms with Gasteiger partial charge in [0.1, 0.15) is 5.65 Å². The Morgan fingerprint density at radius 1 is 1.00 bits per heavy atom. The van der Waals surface area contributed by atoms with Gasteiger partial charge in [0.25, 0.3) is 5.91 Å². The summed E-state index contributed by atoms with van der Waals surface area (Å²) in [5.41, 5.74) is 7.20. The van der Waals surface area contributed by atoms with Crippen LogP contribution < -0.4 is 10.2 Å². The summed E-state index contributed by atoms with van der Waals surface area (Å²) < 4.78 is 0. The number of piperidine rings is 1. The zero-order valence-electron chi connectivity index (χ0n) is 20.0. The lowest BCUT2D eigenvalue weighted by atomic mass is 10.0. The minimum Gasteiger partial charge on any atom is -0.371 e. The minimum atomic E-state index is 0.00396. The molecule has 3 heterocycles. The van der Waals surface area contributed by atoms with Gasteiger partial charge in [0.05, 0.1) is 0 Å². The molecular formula is C28H31N5O. The molecule has 0 saturated carbocycles. The number of hydrogen-bond donors (Lipinski definition) is 2.